The zero-order chi connectivity index (χ0) is 15.7. The molecule has 2 nitrogen and oxygen atoms in total. The van der Waals surface area contributed by atoms with Gasteiger partial charge in [-0.25, -0.2) is 8.78 Å². The Balaban J connectivity index is 2.10. The van der Waals surface area contributed by atoms with Gasteiger partial charge in [0.2, 0.25) is 0 Å². The second kappa shape index (κ2) is 5.64. The quantitative estimate of drug-likeness (QED) is 0.684. The molecule has 0 amide bonds. The molecule has 0 spiro atoms. The third kappa shape index (κ3) is 2.60. The topological polar surface area (TPSA) is 25.8 Å². The Bertz CT molecular complexity index is 830. The second-order valence-corrected chi connectivity index (χ2v) is 5.16. The van der Waals surface area contributed by atoms with Crippen molar-refractivity contribution in [3.05, 3.63) is 71.6 Å². The number of pyridine rings is 2. The number of halogens is 2. The maximum Gasteiger partial charge on any atom is 0.129 e. The molecule has 0 atom stereocenters. The van der Waals surface area contributed by atoms with Crippen molar-refractivity contribution in [1.82, 2.24) is 9.97 Å². The van der Waals surface area contributed by atoms with Gasteiger partial charge in [-0.05, 0) is 49.2 Å². The summed E-state index contributed by atoms with van der Waals surface area (Å²) in [6.07, 6.45) is 3.41. The first-order chi connectivity index (χ1) is 10.6. The van der Waals surface area contributed by atoms with Crippen LogP contribution in [-0.4, -0.2) is 9.97 Å². The van der Waals surface area contributed by atoms with Crippen LogP contribution in [-0.2, 0) is 0 Å². The molecule has 2 heterocycles. The monoisotopic (exact) mass is 296 g/mol. The van der Waals surface area contributed by atoms with Gasteiger partial charge in [0.05, 0.1) is 11.4 Å². The number of hydrogen-bond acceptors (Lipinski definition) is 2. The van der Waals surface area contributed by atoms with E-state index >= 15 is 0 Å². The summed E-state index contributed by atoms with van der Waals surface area (Å²) in [5.41, 5.74) is 4.08. The number of aromatic nitrogens is 2. The Morgan fingerprint density at radius 3 is 2.36 bits per heavy atom. The molecular formula is C18H14F2N2. The van der Waals surface area contributed by atoms with Crippen molar-refractivity contribution < 1.29 is 8.78 Å². The largest absolute Gasteiger partial charge is 0.256 e. The van der Waals surface area contributed by atoms with Crippen LogP contribution in [0.5, 0.6) is 0 Å². The highest BCUT2D eigenvalue weighted by atomic mass is 19.1. The molecule has 0 bridgehead atoms. The van der Waals surface area contributed by atoms with Crippen LogP contribution >= 0.6 is 0 Å². The van der Waals surface area contributed by atoms with Gasteiger partial charge >= 0.3 is 0 Å². The molecule has 2 aromatic heterocycles. The lowest BCUT2D eigenvalue weighted by Gasteiger charge is -2.10. The predicted molar refractivity (Wildman–Crippen MR) is 82.3 cm³/mol. The summed E-state index contributed by atoms with van der Waals surface area (Å²) in [6.45, 7) is 3.55. The highest BCUT2D eigenvalue weighted by Crippen LogP contribution is 2.28. The van der Waals surface area contributed by atoms with E-state index in [-0.39, 0.29) is 0 Å². The molecule has 0 aliphatic carbocycles. The molecule has 0 unspecified atom stereocenters. The molecule has 0 aliphatic rings. The first-order valence-corrected chi connectivity index (χ1v) is 6.90. The van der Waals surface area contributed by atoms with Crippen molar-refractivity contribution in [2.75, 3.05) is 0 Å². The average Bonchev–Trinajstić information content (AvgIpc) is 2.51. The van der Waals surface area contributed by atoms with E-state index in [1.807, 2.05) is 31.2 Å². The lowest BCUT2D eigenvalue weighted by molar-refractivity contribution is 0.578. The standard InChI is InChI=1S/C18H14F2N2/c1-11-7-18(14-8-13(19)9-16(20)12(14)2)22-10-15(11)17-5-3-4-6-21-17/h3-10H,1-2H3. The van der Waals surface area contributed by atoms with Crippen LogP contribution in [0.2, 0.25) is 0 Å². The van der Waals surface area contributed by atoms with Crippen molar-refractivity contribution in [1.29, 1.82) is 0 Å². The van der Waals surface area contributed by atoms with Crippen molar-refractivity contribution in [3.8, 4) is 22.5 Å². The van der Waals surface area contributed by atoms with Gasteiger partial charge in [0.15, 0.2) is 0 Å². The van der Waals surface area contributed by atoms with E-state index in [2.05, 4.69) is 9.97 Å². The maximum absolute atomic E-state index is 13.7. The van der Waals surface area contributed by atoms with Gasteiger partial charge < -0.3 is 0 Å². The molecule has 0 N–H and O–H groups in total. The summed E-state index contributed by atoms with van der Waals surface area (Å²) in [5.74, 6) is -1.17. The van der Waals surface area contributed by atoms with E-state index in [1.54, 1.807) is 19.3 Å². The summed E-state index contributed by atoms with van der Waals surface area (Å²) in [5, 5.41) is 0. The molecule has 3 rings (SSSR count). The van der Waals surface area contributed by atoms with Crippen LogP contribution in [0.25, 0.3) is 22.5 Å². The van der Waals surface area contributed by atoms with Crippen molar-refractivity contribution in [3.63, 3.8) is 0 Å². The van der Waals surface area contributed by atoms with Gasteiger partial charge in [0, 0.05) is 29.6 Å². The fourth-order valence-corrected chi connectivity index (χ4v) is 2.41. The Morgan fingerprint density at radius 2 is 1.68 bits per heavy atom. The number of nitrogens with zero attached hydrogens (tertiary/aromatic N) is 2. The maximum atomic E-state index is 13.7. The van der Waals surface area contributed by atoms with Crippen LogP contribution in [0.1, 0.15) is 11.1 Å². The molecule has 3 aromatic rings. The normalized spacial score (nSPS) is 10.7. The minimum Gasteiger partial charge on any atom is -0.256 e. The van der Waals surface area contributed by atoms with E-state index in [4.69, 9.17) is 0 Å². The first kappa shape index (κ1) is 14.3. The van der Waals surface area contributed by atoms with Crippen LogP contribution in [0.3, 0.4) is 0 Å². The van der Waals surface area contributed by atoms with Crippen LogP contribution in [0.4, 0.5) is 8.78 Å². The molecule has 1 aromatic carbocycles. The first-order valence-electron chi connectivity index (χ1n) is 6.90. The zero-order valence-electron chi connectivity index (χ0n) is 12.3. The Morgan fingerprint density at radius 1 is 0.864 bits per heavy atom. The Hall–Kier alpha value is -2.62. The van der Waals surface area contributed by atoms with E-state index in [0.29, 0.717) is 16.8 Å². The van der Waals surface area contributed by atoms with Crippen LogP contribution in [0.15, 0.2) is 48.8 Å². The zero-order valence-corrected chi connectivity index (χ0v) is 12.3. The summed E-state index contributed by atoms with van der Waals surface area (Å²) in [6, 6.07) is 9.66. The molecule has 0 saturated carbocycles. The lowest BCUT2D eigenvalue weighted by Crippen LogP contribution is -1.95. The molecule has 0 aliphatic heterocycles. The summed E-state index contributed by atoms with van der Waals surface area (Å²) >= 11 is 0. The minimum atomic E-state index is -0.605. The smallest absolute Gasteiger partial charge is 0.129 e. The summed E-state index contributed by atoms with van der Waals surface area (Å²) in [7, 11) is 0. The fraction of sp³-hybridized carbons (Fsp3) is 0.111. The third-order valence-corrected chi connectivity index (χ3v) is 3.64. The fourth-order valence-electron chi connectivity index (χ4n) is 2.41. The minimum absolute atomic E-state index is 0.388. The number of benzene rings is 1. The van der Waals surface area contributed by atoms with Crippen LogP contribution < -0.4 is 0 Å². The molecule has 0 radical (unpaired) electrons. The Labute approximate surface area is 127 Å². The van der Waals surface area contributed by atoms with Gasteiger partial charge in [-0.2, -0.15) is 0 Å². The third-order valence-electron chi connectivity index (χ3n) is 3.64. The van der Waals surface area contributed by atoms with E-state index in [0.717, 1.165) is 22.9 Å². The van der Waals surface area contributed by atoms with E-state index < -0.39 is 11.6 Å². The van der Waals surface area contributed by atoms with Gasteiger partial charge in [-0.3, -0.25) is 9.97 Å². The lowest BCUT2D eigenvalue weighted by atomic mass is 10.0. The van der Waals surface area contributed by atoms with Gasteiger partial charge in [0.25, 0.3) is 0 Å². The Kier molecular flexibility index (Phi) is 3.67. The molecule has 0 saturated heterocycles. The van der Waals surface area contributed by atoms with Gasteiger partial charge in [-0.1, -0.05) is 6.07 Å². The highest BCUT2D eigenvalue weighted by molar-refractivity contribution is 5.69. The molecule has 0 fully saturated rings. The average molecular weight is 296 g/mol. The predicted octanol–water partition coefficient (Wildman–Crippen LogP) is 4.71. The SMILES string of the molecule is Cc1cc(-c2cc(F)cc(F)c2C)ncc1-c1ccccn1. The molecule has 110 valence electrons. The number of hydrogen-bond donors (Lipinski definition) is 0. The molecule has 22 heavy (non-hydrogen) atoms. The summed E-state index contributed by atoms with van der Waals surface area (Å²) in [4.78, 5) is 8.65. The van der Waals surface area contributed by atoms with Crippen LogP contribution in [0, 0.1) is 25.5 Å². The molecule has 4 heteroatoms. The van der Waals surface area contributed by atoms with Crippen molar-refractivity contribution in [2.45, 2.75) is 13.8 Å². The van der Waals surface area contributed by atoms with Gasteiger partial charge in [0.1, 0.15) is 11.6 Å². The second-order valence-electron chi connectivity index (χ2n) is 5.16. The number of aryl methyl sites for hydroxylation is 1. The van der Waals surface area contributed by atoms with E-state index in [1.165, 1.54) is 6.07 Å². The molecular weight excluding hydrogens is 282 g/mol. The van der Waals surface area contributed by atoms with E-state index in [9.17, 15) is 8.78 Å². The van der Waals surface area contributed by atoms with Gasteiger partial charge in [-0.15, -0.1) is 0 Å². The number of rotatable bonds is 2. The highest BCUT2D eigenvalue weighted by Gasteiger charge is 2.12. The summed E-state index contributed by atoms with van der Waals surface area (Å²) < 4.78 is 27.2. The van der Waals surface area contributed by atoms with Crippen molar-refractivity contribution in [2.24, 2.45) is 0 Å². The van der Waals surface area contributed by atoms with Crippen molar-refractivity contribution >= 4 is 0 Å².